The zero-order valence-electron chi connectivity index (χ0n) is 15.5. The third-order valence-electron chi connectivity index (χ3n) is 5.12. The van der Waals surface area contributed by atoms with Gasteiger partial charge in [-0.1, -0.05) is 0 Å². The number of urea groups is 2. The smallest absolute Gasteiger partial charge is 0.315 e. The molecule has 4 atom stereocenters. The fraction of sp³-hybridized carbons (Fsp3) is 0.857. The van der Waals surface area contributed by atoms with E-state index in [4.69, 9.17) is 0 Å². The van der Waals surface area contributed by atoms with E-state index in [0.717, 1.165) is 0 Å². The maximum Gasteiger partial charge on any atom is 0.315 e. The van der Waals surface area contributed by atoms with E-state index in [9.17, 15) is 34.8 Å². The van der Waals surface area contributed by atoms with Gasteiger partial charge in [0.25, 0.3) is 0 Å². The molecule has 0 aromatic carbocycles. The number of rotatable bonds is 4. The average molecular weight is 473 g/mol. The number of carbonyl (C=O) groups excluding carboxylic acids is 2. The monoisotopic (exact) mass is 472 g/mol. The van der Waals surface area contributed by atoms with Crippen LogP contribution in [0.15, 0.2) is 0 Å². The second kappa shape index (κ2) is 7.91. The molecule has 0 bridgehead atoms. The third kappa shape index (κ3) is 6.18. The Kier molecular flexibility index (Phi) is 6.02. The van der Waals surface area contributed by atoms with Crippen molar-refractivity contribution >= 4 is 41.6 Å². The van der Waals surface area contributed by atoms with Crippen LogP contribution in [-0.4, -0.2) is 96.0 Å². The van der Waals surface area contributed by atoms with Gasteiger partial charge < -0.3 is 21.3 Å². The van der Waals surface area contributed by atoms with Crippen LogP contribution < -0.4 is 21.3 Å². The van der Waals surface area contributed by atoms with Gasteiger partial charge in [-0.25, -0.2) is 34.8 Å². The first-order valence-electron chi connectivity index (χ1n) is 9.08. The van der Waals surface area contributed by atoms with Crippen molar-refractivity contribution in [2.75, 3.05) is 34.5 Å². The van der Waals surface area contributed by atoms with Crippen LogP contribution in [0.1, 0.15) is 12.8 Å². The van der Waals surface area contributed by atoms with Crippen LogP contribution in [-0.2, 0) is 29.5 Å². The molecule has 15 heteroatoms. The molecule has 3 fully saturated rings. The Hall–Kier alpha value is -1.61. The maximum atomic E-state index is 12.2. The van der Waals surface area contributed by atoms with E-state index in [2.05, 4.69) is 21.3 Å². The van der Waals surface area contributed by atoms with Crippen LogP contribution in [0.5, 0.6) is 0 Å². The molecule has 0 saturated carbocycles. The largest absolute Gasteiger partial charge is 0.334 e. The number of amides is 4. The second-order valence-electron chi connectivity index (χ2n) is 7.73. The van der Waals surface area contributed by atoms with Crippen molar-refractivity contribution in [1.29, 1.82) is 0 Å². The molecule has 4 amide bonds. The summed E-state index contributed by atoms with van der Waals surface area (Å²) in [5.41, 5.74) is 0. The van der Waals surface area contributed by atoms with Crippen LogP contribution in [0.2, 0.25) is 0 Å². The molecule has 0 spiro atoms. The summed E-state index contributed by atoms with van der Waals surface area (Å²) in [6.07, 6.45) is 0.570. The average Bonchev–Trinajstić information content (AvgIpc) is 3.14. The Morgan fingerprint density at radius 3 is 1.24 bits per heavy atom. The van der Waals surface area contributed by atoms with E-state index in [1.54, 1.807) is 0 Å². The Bertz CT molecular complexity index is 918. The van der Waals surface area contributed by atoms with Crippen LogP contribution in [0, 0.1) is 0 Å². The molecular formula is C14H24N4O8S3. The first-order chi connectivity index (χ1) is 13.3. The minimum atomic E-state index is -3.50. The first-order valence-corrected chi connectivity index (χ1v) is 14.5. The minimum absolute atomic E-state index is 0.0169. The van der Waals surface area contributed by atoms with E-state index < -0.39 is 65.7 Å². The Labute approximate surface area is 169 Å². The van der Waals surface area contributed by atoms with Crippen LogP contribution in [0.4, 0.5) is 9.59 Å². The van der Waals surface area contributed by atoms with Gasteiger partial charge >= 0.3 is 12.1 Å². The van der Waals surface area contributed by atoms with Crippen molar-refractivity contribution in [2.24, 2.45) is 0 Å². The van der Waals surface area contributed by atoms with E-state index in [1.165, 1.54) is 0 Å². The summed E-state index contributed by atoms with van der Waals surface area (Å²) in [5.74, 6) is -1.11. The van der Waals surface area contributed by atoms with Crippen molar-refractivity contribution in [3.8, 4) is 0 Å². The quantitative estimate of drug-likeness (QED) is 0.336. The first kappa shape index (κ1) is 22.1. The predicted molar refractivity (Wildman–Crippen MR) is 104 cm³/mol. The molecule has 3 heterocycles. The number of hydrogen-bond donors (Lipinski definition) is 4. The Morgan fingerprint density at radius 1 is 0.552 bits per heavy atom. The maximum absolute atomic E-state index is 12.2. The highest BCUT2D eigenvalue weighted by molar-refractivity contribution is 7.92. The Morgan fingerprint density at radius 2 is 0.931 bits per heavy atom. The molecule has 3 rings (SSSR count). The molecule has 0 aromatic heterocycles. The highest BCUT2D eigenvalue weighted by Crippen LogP contribution is 2.15. The molecule has 12 nitrogen and oxygen atoms in total. The van der Waals surface area contributed by atoms with Crippen molar-refractivity contribution in [1.82, 2.24) is 21.3 Å². The Balaban J connectivity index is 1.54. The number of sulfone groups is 3. The highest BCUT2D eigenvalue weighted by atomic mass is 32.2. The van der Waals surface area contributed by atoms with Crippen LogP contribution in [0.25, 0.3) is 0 Å². The van der Waals surface area contributed by atoms with E-state index in [1.807, 2.05) is 0 Å². The standard InChI is InChI=1S/C14H24N4O8S3/c19-13(15-9-1-3-27(21,22)5-9)17-11-7-29(25,26)8-12(11)18-14(20)16-10-2-4-28(23,24)6-10/h9-12H,1-8H2,(H2,15,17,19)(H2,16,18,20). The van der Waals surface area contributed by atoms with Crippen molar-refractivity contribution in [3.05, 3.63) is 0 Å². The second-order valence-corrected chi connectivity index (χ2v) is 14.3. The summed E-state index contributed by atoms with van der Waals surface area (Å²) < 4.78 is 69.8. The number of nitrogens with one attached hydrogen (secondary N) is 4. The summed E-state index contributed by atoms with van der Waals surface area (Å²) in [6, 6.07) is -4.28. The van der Waals surface area contributed by atoms with Crippen LogP contribution >= 0.6 is 0 Å². The zero-order valence-corrected chi connectivity index (χ0v) is 17.9. The molecule has 4 unspecified atom stereocenters. The van der Waals surface area contributed by atoms with Gasteiger partial charge in [-0.2, -0.15) is 0 Å². The van der Waals surface area contributed by atoms with Crippen molar-refractivity contribution in [2.45, 2.75) is 37.0 Å². The normalized spacial score (nSPS) is 34.3. The summed E-state index contributed by atoms with van der Waals surface area (Å²) in [7, 11) is -9.86. The molecule has 166 valence electrons. The van der Waals surface area contributed by atoms with Gasteiger partial charge in [0.15, 0.2) is 29.5 Å². The molecule has 0 aliphatic carbocycles. The summed E-state index contributed by atoms with van der Waals surface area (Å²) in [4.78, 5) is 24.3. The summed E-state index contributed by atoms with van der Waals surface area (Å²) in [6.45, 7) is 0. The van der Waals surface area contributed by atoms with E-state index in [0.29, 0.717) is 0 Å². The van der Waals surface area contributed by atoms with Gasteiger partial charge in [-0.05, 0) is 12.8 Å². The lowest BCUT2D eigenvalue weighted by molar-refractivity contribution is 0.225. The van der Waals surface area contributed by atoms with Gasteiger partial charge in [-0.15, -0.1) is 0 Å². The third-order valence-corrected chi connectivity index (χ3v) is 10.4. The fourth-order valence-electron chi connectivity index (χ4n) is 3.74. The van der Waals surface area contributed by atoms with Gasteiger partial charge in [0.05, 0.1) is 46.6 Å². The molecule has 3 aliphatic rings. The molecule has 29 heavy (non-hydrogen) atoms. The SMILES string of the molecule is O=C(NC1CCS(=O)(=O)C1)NC1CS(=O)(=O)CC1NC(=O)NC1CCS(=O)(=O)C1. The lowest BCUT2D eigenvalue weighted by Crippen LogP contribution is -2.56. The lowest BCUT2D eigenvalue weighted by Gasteiger charge is -2.23. The summed E-state index contributed by atoms with van der Waals surface area (Å²) in [5, 5.41) is 10.00. The number of carbonyl (C=O) groups is 2. The molecular weight excluding hydrogens is 448 g/mol. The van der Waals surface area contributed by atoms with Crippen molar-refractivity contribution in [3.63, 3.8) is 0 Å². The van der Waals surface area contributed by atoms with Gasteiger partial charge in [0.2, 0.25) is 0 Å². The van der Waals surface area contributed by atoms with Crippen molar-refractivity contribution < 1.29 is 34.8 Å². The molecule has 0 radical (unpaired) electrons. The van der Waals surface area contributed by atoms with Crippen LogP contribution in [0.3, 0.4) is 0 Å². The van der Waals surface area contributed by atoms with Gasteiger partial charge in [-0.3, -0.25) is 0 Å². The molecule has 3 aliphatic heterocycles. The molecule has 4 N–H and O–H groups in total. The number of hydrogen-bond acceptors (Lipinski definition) is 8. The predicted octanol–water partition coefficient (Wildman–Crippen LogP) is -2.88. The highest BCUT2D eigenvalue weighted by Gasteiger charge is 2.40. The molecule has 3 saturated heterocycles. The fourth-order valence-corrected chi connectivity index (χ4v) is 8.95. The van der Waals surface area contributed by atoms with Gasteiger partial charge in [0, 0.05) is 12.1 Å². The zero-order chi connectivity index (χ0) is 21.4. The van der Waals surface area contributed by atoms with E-state index in [-0.39, 0.29) is 47.4 Å². The van der Waals surface area contributed by atoms with Gasteiger partial charge in [0.1, 0.15) is 0 Å². The molecule has 0 aromatic rings. The summed E-state index contributed by atoms with van der Waals surface area (Å²) >= 11 is 0. The minimum Gasteiger partial charge on any atom is -0.334 e. The topological polar surface area (TPSA) is 185 Å². The van der Waals surface area contributed by atoms with E-state index >= 15 is 0 Å². The lowest BCUT2D eigenvalue weighted by atomic mass is 10.2.